The topological polar surface area (TPSA) is 175 Å². The molecular formula is C25H28N6O6. The predicted octanol–water partition coefficient (Wildman–Crippen LogP) is -1.25. The monoisotopic (exact) mass is 508 g/mol. The van der Waals surface area contributed by atoms with Crippen molar-refractivity contribution in [3.8, 4) is 0 Å². The Morgan fingerprint density at radius 1 is 0.703 bits per heavy atom. The number of rotatable bonds is 2. The zero-order valence-electron chi connectivity index (χ0n) is 20.2. The molecule has 1 aliphatic heterocycles. The normalized spacial score (nSPS) is 18.4. The summed E-state index contributed by atoms with van der Waals surface area (Å²) in [4.78, 5) is 74.2. The minimum atomic E-state index is -0.987. The second-order valence-electron chi connectivity index (χ2n) is 8.34. The van der Waals surface area contributed by atoms with Gasteiger partial charge in [0.15, 0.2) is 0 Å². The Hall–Kier alpha value is -4.74. The van der Waals surface area contributed by atoms with Crippen LogP contribution in [0.4, 0.5) is 5.69 Å². The van der Waals surface area contributed by atoms with Crippen molar-refractivity contribution in [2.75, 3.05) is 31.5 Å². The van der Waals surface area contributed by atoms with Crippen LogP contribution in [-0.4, -0.2) is 67.7 Å². The first kappa shape index (κ1) is 26.9. The Labute approximate surface area is 212 Å². The number of carbonyl (C=O) groups is 6. The summed E-state index contributed by atoms with van der Waals surface area (Å²) in [5.41, 5.74) is 1.97. The molecule has 6 N–H and O–H groups in total. The van der Waals surface area contributed by atoms with E-state index < -0.39 is 61.1 Å². The van der Waals surface area contributed by atoms with E-state index in [9.17, 15) is 28.8 Å². The van der Waals surface area contributed by atoms with Crippen LogP contribution in [0.3, 0.4) is 0 Å². The maximum atomic E-state index is 13.1. The van der Waals surface area contributed by atoms with Gasteiger partial charge in [0.1, 0.15) is 6.04 Å². The summed E-state index contributed by atoms with van der Waals surface area (Å²) in [6.45, 7) is 0.0908. The molecule has 0 spiro atoms. The number of carbonyl (C=O) groups excluding carboxylic acids is 6. The molecule has 194 valence electrons. The third kappa shape index (κ3) is 8.46. The summed E-state index contributed by atoms with van der Waals surface area (Å²) in [5.74, 6) is -3.55. The van der Waals surface area contributed by atoms with Crippen LogP contribution in [0, 0.1) is 6.92 Å². The third-order valence-electron chi connectivity index (χ3n) is 5.43. The molecule has 0 saturated carbocycles. The highest BCUT2D eigenvalue weighted by atomic mass is 16.2. The van der Waals surface area contributed by atoms with Gasteiger partial charge in [-0.05, 0) is 30.2 Å². The Kier molecular flexibility index (Phi) is 9.30. The molecule has 0 aliphatic carbocycles. The van der Waals surface area contributed by atoms with E-state index in [1.165, 1.54) is 6.07 Å². The van der Waals surface area contributed by atoms with Gasteiger partial charge in [-0.1, -0.05) is 36.4 Å². The summed E-state index contributed by atoms with van der Waals surface area (Å²) in [6.07, 6.45) is 0.177. The molecule has 1 aliphatic rings. The van der Waals surface area contributed by atoms with E-state index in [1.807, 2.05) is 18.2 Å². The Morgan fingerprint density at radius 2 is 1.27 bits per heavy atom. The maximum absolute atomic E-state index is 13.1. The molecule has 0 aromatic heterocycles. The summed E-state index contributed by atoms with van der Waals surface area (Å²) < 4.78 is 0. The number of anilines is 1. The first-order valence-electron chi connectivity index (χ1n) is 11.5. The molecule has 6 amide bonds. The minimum Gasteiger partial charge on any atom is -0.346 e. The predicted molar refractivity (Wildman–Crippen MR) is 133 cm³/mol. The second kappa shape index (κ2) is 12.8. The molecule has 0 unspecified atom stereocenters. The average molecular weight is 509 g/mol. The number of amides is 6. The number of fused-ring (bicyclic) bond motifs is 2. The molecule has 2 bridgehead atoms. The van der Waals surface area contributed by atoms with Crippen LogP contribution in [0.15, 0.2) is 48.5 Å². The van der Waals surface area contributed by atoms with Gasteiger partial charge >= 0.3 is 0 Å². The van der Waals surface area contributed by atoms with E-state index in [1.54, 1.807) is 31.2 Å². The summed E-state index contributed by atoms with van der Waals surface area (Å²) in [7, 11) is 0. The van der Waals surface area contributed by atoms with Crippen molar-refractivity contribution < 1.29 is 28.8 Å². The molecule has 0 radical (unpaired) electrons. The number of hydrogen-bond donors (Lipinski definition) is 6. The standard InChI is InChI=1S/C25H28N6O6/c1-15-7-8-17-10-18(15)24(36)29-13-22(34)27-11-20(32)26-12-21(33)28-14-23(35)31-19(25(37)30-17)9-16-5-3-2-4-6-16/h2-8,10,19H,9,11-14H2,1H3,(H,26,32)(H,27,34)(H,28,33)(H,29,36)(H,30,37)(H,31,35)/t19-/m0/s1. The van der Waals surface area contributed by atoms with Crippen LogP contribution < -0.4 is 31.9 Å². The van der Waals surface area contributed by atoms with Crippen molar-refractivity contribution in [3.05, 3.63) is 65.2 Å². The van der Waals surface area contributed by atoms with E-state index in [-0.39, 0.29) is 18.5 Å². The highest BCUT2D eigenvalue weighted by molar-refractivity contribution is 6.02. The van der Waals surface area contributed by atoms with E-state index in [0.29, 0.717) is 11.3 Å². The lowest BCUT2D eigenvalue weighted by Crippen LogP contribution is -2.50. The van der Waals surface area contributed by atoms with Crippen LogP contribution in [0.25, 0.3) is 0 Å². The molecule has 37 heavy (non-hydrogen) atoms. The highest BCUT2D eigenvalue weighted by Crippen LogP contribution is 2.16. The lowest BCUT2D eigenvalue weighted by molar-refractivity contribution is -0.129. The minimum absolute atomic E-state index is 0.177. The first-order chi connectivity index (χ1) is 17.7. The lowest BCUT2D eigenvalue weighted by Gasteiger charge is -2.19. The number of hydrogen-bond acceptors (Lipinski definition) is 6. The van der Waals surface area contributed by atoms with E-state index in [4.69, 9.17) is 0 Å². The molecule has 12 heteroatoms. The zero-order chi connectivity index (χ0) is 26.8. The van der Waals surface area contributed by atoms with Crippen LogP contribution in [0.2, 0.25) is 0 Å². The largest absolute Gasteiger partial charge is 0.346 e. The molecule has 1 atom stereocenters. The quantitative estimate of drug-likeness (QED) is 0.296. The molecule has 2 aromatic rings. The molecule has 3 rings (SSSR count). The van der Waals surface area contributed by atoms with Gasteiger partial charge in [-0.15, -0.1) is 0 Å². The molecule has 0 fully saturated rings. The van der Waals surface area contributed by atoms with Crippen molar-refractivity contribution in [1.29, 1.82) is 0 Å². The van der Waals surface area contributed by atoms with E-state index in [0.717, 1.165) is 5.56 Å². The Morgan fingerprint density at radius 3 is 1.89 bits per heavy atom. The summed E-state index contributed by atoms with van der Waals surface area (Å²) in [6, 6.07) is 12.8. The van der Waals surface area contributed by atoms with Crippen molar-refractivity contribution in [2.45, 2.75) is 19.4 Å². The SMILES string of the molecule is Cc1ccc2cc1C(=O)NCC(=O)NCC(=O)NCC(=O)NCC(=O)N[C@@H](Cc1ccccc1)C(=O)N2. The van der Waals surface area contributed by atoms with E-state index >= 15 is 0 Å². The van der Waals surface area contributed by atoms with Crippen molar-refractivity contribution in [1.82, 2.24) is 26.6 Å². The van der Waals surface area contributed by atoms with E-state index in [2.05, 4.69) is 31.9 Å². The highest BCUT2D eigenvalue weighted by Gasteiger charge is 2.23. The van der Waals surface area contributed by atoms with Crippen LogP contribution >= 0.6 is 0 Å². The molecular weight excluding hydrogens is 480 g/mol. The smallest absolute Gasteiger partial charge is 0.252 e. The van der Waals surface area contributed by atoms with Crippen molar-refractivity contribution in [3.63, 3.8) is 0 Å². The van der Waals surface area contributed by atoms with Gasteiger partial charge < -0.3 is 31.9 Å². The zero-order valence-corrected chi connectivity index (χ0v) is 20.2. The fraction of sp³-hybridized carbons (Fsp3) is 0.280. The van der Waals surface area contributed by atoms with Crippen molar-refractivity contribution >= 4 is 41.1 Å². The van der Waals surface area contributed by atoms with Gasteiger partial charge in [-0.3, -0.25) is 28.8 Å². The van der Waals surface area contributed by atoms with Gasteiger partial charge in [0.2, 0.25) is 29.5 Å². The average Bonchev–Trinajstić information content (AvgIpc) is 2.88. The van der Waals surface area contributed by atoms with Crippen LogP contribution in [0.5, 0.6) is 0 Å². The van der Waals surface area contributed by atoms with Gasteiger partial charge in [0, 0.05) is 17.7 Å². The number of aryl methyl sites for hydroxylation is 1. The molecule has 12 nitrogen and oxygen atoms in total. The summed E-state index contributed by atoms with van der Waals surface area (Å²) in [5, 5.41) is 14.8. The number of benzene rings is 2. The van der Waals surface area contributed by atoms with Gasteiger partial charge in [-0.2, -0.15) is 0 Å². The fourth-order valence-electron chi connectivity index (χ4n) is 3.46. The molecule has 1 heterocycles. The van der Waals surface area contributed by atoms with Crippen LogP contribution in [0.1, 0.15) is 21.5 Å². The third-order valence-corrected chi connectivity index (χ3v) is 5.43. The Balaban J connectivity index is 1.84. The first-order valence-corrected chi connectivity index (χ1v) is 11.5. The number of nitrogens with one attached hydrogen (secondary N) is 6. The van der Waals surface area contributed by atoms with Crippen LogP contribution in [-0.2, 0) is 30.4 Å². The maximum Gasteiger partial charge on any atom is 0.252 e. The molecule has 2 aromatic carbocycles. The second-order valence-corrected chi connectivity index (χ2v) is 8.34. The Bertz CT molecular complexity index is 1200. The summed E-state index contributed by atoms with van der Waals surface area (Å²) >= 11 is 0. The van der Waals surface area contributed by atoms with Gasteiger partial charge in [0.05, 0.1) is 26.2 Å². The van der Waals surface area contributed by atoms with Crippen molar-refractivity contribution in [2.24, 2.45) is 0 Å². The lowest BCUT2D eigenvalue weighted by atomic mass is 10.0. The molecule has 0 saturated heterocycles. The fourth-order valence-corrected chi connectivity index (χ4v) is 3.46. The van der Waals surface area contributed by atoms with Gasteiger partial charge in [0.25, 0.3) is 5.91 Å². The van der Waals surface area contributed by atoms with Gasteiger partial charge in [-0.25, -0.2) is 0 Å².